The SMILES string of the molecule is CCOc1ccc(/C=C2/SC(=O)NC2=O)cc1OC. The molecular weight excluding hydrogens is 266 g/mol. The fourth-order valence-electron chi connectivity index (χ4n) is 1.62. The second kappa shape index (κ2) is 5.79. The van der Waals surface area contributed by atoms with Crippen molar-refractivity contribution < 1.29 is 19.1 Å². The zero-order chi connectivity index (χ0) is 13.8. The van der Waals surface area contributed by atoms with Crippen molar-refractivity contribution in [1.82, 2.24) is 5.32 Å². The largest absolute Gasteiger partial charge is 0.493 e. The van der Waals surface area contributed by atoms with Gasteiger partial charge < -0.3 is 9.47 Å². The molecule has 2 rings (SSSR count). The quantitative estimate of drug-likeness (QED) is 0.857. The summed E-state index contributed by atoms with van der Waals surface area (Å²) in [5.74, 6) is 0.862. The first-order chi connectivity index (χ1) is 9.13. The molecule has 0 aromatic heterocycles. The Labute approximate surface area is 115 Å². The maximum absolute atomic E-state index is 11.4. The third-order valence-electron chi connectivity index (χ3n) is 2.43. The predicted molar refractivity (Wildman–Crippen MR) is 73.3 cm³/mol. The Hall–Kier alpha value is -1.95. The highest BCUT2D eigenvalue weighted by molar-refractivity contribution is 8.18. The molecule has 0 bridgehead atoms. The lowest BCUT2D eigenvalue weighted by molar-refractivity contribution is -0.115. The van der Waals surface area contributed by atoms with Crippen LogP contribution in [0.5, 0.6) is 11.5 Å². The van der Waals surface area contributed by atoms with Crippen molar-refractivity contribution in [2.24, 2.45) is 0 Å². The molecule has 0 atom stereocenters. The number of amides is 2. The Balaban J connectivity index is 2.29. The van der Waals surface area contributed by atoms with Gasteiger partial charge in [0.2, 0.25) is 0 Å². The molecule has 1 aromatic carbocycles. The molecular formula is C13H13NO4S. The summed E-state index contributed by atoms with van der Waals surface area (Å²) in [6.45, 7) is 2.43. The van der Waals surface area contributed by atoms with Crippen LogP contribution in [0.15, 0.2) is 23.1 Å². The van der Waals surface area contributed by atoms with Gasteiger partial charge in [-0.3, -0.25) is 14.9 Å². The van der Waals surface area contributed by atoms with Gasteiger partial charge in [0.25, 0.3) is 11.1 Å². The van der Waals surface area contributed by atoms with Gasteiger partial charge in [0, 0.05) is 0 Å². The summed E-state index contributed by atoms with van der Waals surface area (Å²) in [4.78, 5) is 22.9. The number of nitrogens with one attached hydrogen (secondary N) is 1. The molecule has 1 aliphatic rings. The number of benzene rings is 1. The number of carbonyl (C=O) groups excluding carboxylic acids is 2. The first kappa shape index (κ1) is 13.5. The first-order valence-corrected chi connectivity index (χ1v) is 6.51. The van der Waals surface area contributed by atoms with Gasteiger partial charge in [-0.1, -0.05) is 6.07 Å². The van der Waals surface area contributed by atoms with Crippen LogP contribution in [0.25, 0.3) is 6.08 Å². The summed E-state index contributed by atoms with van der Waals surface area (Å²) in [6.07, 6.45) is 1.64. The van der Waals surface area contributed by atoms with Crippen molar-refractivity contribution in [3.63, 3.8) is 0 Å². The summed E-state index contributed by atoms with van der Waals surface area (Å²) in [6, 6.07) is 5.33. The fourth-order valence-corrected chi connectivity index (χ4v) is 2.30. The van der Waals surface area contributed by atoms with Crippen LogP contribution < -0.4 is 14.8 Å². The van der Waals surface area contributed by atoms with Crippen LogP contribution in [0.1, 0.15) is 12.5 Å². The summed E-state index contributed by atoms with van der Waals surface area (Å²) in [5, 5.41) is 1.86. The minimum Gasteiger partial charge on any atom is -0.493 e. The highest BCUT2D eigenvalue weighted by Gasteiger charge is 2.25. The van der Waals surface area contributed by atoms with Crippen molar-refractivity contribution >= 4 is 29.0 Å². The minimum atomic E-state index is -0.372. The molecule has 100 valence electrons. The molecule has 1 saturated heterocycles. The first-order valence-electron chi connectivity index (χ1n) is 5.69. The van der Waals surface area contributed by atoms with Crippen molar-refractivity contribution in [1.29, 1.82) is 0 Å². The Morgan fingerprint density at radius 2 is 2.11 bits per heavy atom. The van der Waals surface area contributed by atoms with Gasteiger partial charge in [0.1, 0.15) is 0 Å². The number of thioether (sulfide) groups is 1. The molecule has 1 N–H and O–H groups in total. The average molecular weight is 279 g/mol. The summed E-state index contributed by atoms with van der Waals surface area (Å²) >= 11 is 0.886. The van der Waals surface area contributed by atoms with Crippen LogP contribution >= 0.6 is 11.8 Å². The van der Waals surface area contributed by atoms with E-state index >= 15 is 0 Å². The van der Waals surface area contributed by atoms with Crippen LogP contribution in [0, 0.1) is 0 Å². The van der Waals surface area contributed by atoms with Gasteiger partial charge in [-0.15, -0.1) is 0 Å². The van der Waals surface area contributed by atoms with Crippen LogP contribution in [-0.2, 0) is 4.79 Å². The monoisotopic (exact) mass is 279 g/mol. The maximum atomic E-state index is 11.4. The molecule has 2 amide bonds. The second-order valence-electron chi connectivity index (χ2n) is 3.70. The lowest BCUT2D eigenvalue weighted by Gasteiger charge is -2.09. The topological polar surface area (TPSA) is 64.6 Å². The van der Waals surface area contributed by atoms with E-state index in [1.165, 1.54) is 0 Å². The van der Waals surface area contributed by atoms with Crippen LogP contribution in [-0.4, -0.2) is 24.9 Å². The Bertz CT molecular complexity index is 554. The standard InChI is InChI=1S/C13H13NO4S/c1-3-18-9-5-4-8(6-10(9)17-2)7-11-12(15)14-13(16)19-11/h4-7H,3H2,1-2H3,(H,14,15,16)/b11-7+. The molecule has 1 fully saturated rings. The number of hydrogen-bond acceptors (Lipinski definition) is 5. The van der Waals surface area contributed by atoms with Gasteiger partial charge in [-0.05, 0) is 42.5 Å². The predicted octanol–water partition coefficient (Wildman–Crippen LogP) is 2.42. The van der Waals surface area contributed by atoms with E-state index in [0.717, 1.165) is 17.3 Å². The van der Waals surface area contributed by atoms with E-state index in [4.69, 9.17) is 9.47 Å². The zero-order valence-electron chi connectivity index (χ0n) is 10.6. The van der Waals surface area contributed by atoms with E-state index in [9.17, 15) is 9.59 Å². The van der Waals surface area contributed by atoms with Gasteiger partial charge in [0.15, 0.2) is 11.5 Å². The summed E-state index contributed by atoms with van der Waals surface area (Å²) in [7, 11) is 1.55. The average Bonchev–Trinajstić information content (AvgIpc) is 2.70. The number of ether oxygens (including phenoxy) is 2. The third kappa shape index (κ3) is 3.08. The molecule has 1 heterocycles. The van der Waals surface area contributed by atoms with Gasteiger partial charge >= 0.3 is 0 Å². The van der Waals surface area contributed by atoms with Crippen molar-refractivity contribution in [2.45, 2.75) is 6.92 Å². The van der Waals surface area contributed by atoms with Crippen LogP contribution in [0.4, 0.5) is 4.79 Å². The molecule has 19 heavy (non-hydrogen) atoms. The van der Waals surface area contributed by atoms with Crippen molar-refractivity contribution in [2.75, 3.05) is 13.7 Å². The van der Waals surface area contributed by atoms with E-state index in [1.807, 2.05) is 6.92 Å². The molecule has 1 aliphatic heterocycles. The van der Waals surface area contributed by atoms with Gasteiger partial charge in [0.05, 0.1) is 18.6 Å². The van der Waals surface area contributed by atoms with Crippen LogP contribution in [0.3, 0.4) is 0 Å². The summed E-state index contributed by atoms with van der Waals surface area (Å²) < 4.78 is 10.6. The normalized spacial score (nSPS) is 16.6. The van der Waals surface area contributed by atoms with Gasteiger partial charge in [-0.2, -0.15) is 0 Å². The molecule has 6 heteroatoms. The van der Waals surface area contributed by atoms with E-state index in [1.54, 1.807) is 31.4 Å². The number of hydrogen-bond donors (Lipinski definition) is 1. The molecule has 0 saturated carbocycles. The molecule has 0 unspecified atom stereocenters. The number of methoxy groups -OCH3 is 1. The molecule has 0 radical (unpaired) electrons. The fraction of sp³-hybridized carbons (Fsp3) is 0.231. The summed E-state index contributed by atoms with van der Waals surface area (Å²) in [5.41, 5.74) is 0.771. The molecule has 0 aliphatic carbocycles. The third-order valence-corrected chi connectivity index (χ3v) is 3.24. The van der Waals surface area contributed by atoms with E-state index in [2.05, 4.69) is 5.32 Å². The van der Waals surface area contributed by atoms with E-state index in [-0.39, 0.29) is 11.1 Å². The lowest BCUT2D eigenvalue weighted by atomic mass is 10.2. The smallest absolute Gasteiger partial charge is 0.290 e. The Morgan fingerprint density at radius 1 is 1.32 bits per heavy atom. The number of imide groups is 1. The Morgan fingerprint density at radius 3 is 2.68 bits per heavy atom. The van der Waals surface area contributed by atoms with E-state index in [0.29, 0.717) is 23.0 Å². The van der Waals surface area contributed by atoms with Crippen molar-refractivity contribution in [3.05, 3.63) is 28.7 Å². The lowest BCUT2D eigenvalue weighted by Crippen LogP contribution is -2.17. The van der Waals surface area contributed by atoms with Crippen LogP contribution in [0.2, 0.25) is 0 Å². The number of rotatable bonds is 4. The molecule has 1 aromatic rings. The Kier molecular flexibility index (Phi) is 4.11. The highest BCUT2D eigenvalue weighted by Crippen LogP contribution is 2.31. The highest BCUT2D eigenvalue weighted by atomic mass is 32.2. The maximum Gasteiger partial charge on any atom is 0.290 e. The van der Waals surface area contributed by atoms with E-state index < -0.39 is 0 Å². The number of carbonyl (C=O) groups is 2. The molecule has 5 nitrogen and oxygen atoms in total. The van der Waals surface area contributed by atoms with Gasteiger partial charge in [-0.25, -0.2) is 0 Å². The zero-order valence-corrected chi connectivity index (χ0v) is 11.4. The minimum absolute atomic E-state index is 0.353. The second-order valence-corrected chi connectivity index (χ2v) is 4.71. The van der Waals surface area contributed by atoms with Crippen molar-refractivity contribution in [3.8, 4) is 11.5 Å². The molecule has 0 spiro atoms.